The number of nitrogens with zero attached hydrogens (tertiary/aromatic N) is 1. The highest BCUT2D eigenvalue weighted by Gasteiger charge is 2.53. The summed E-state index contributed by atoms with van der Waals surface area (Å²) in [6.45, 7) is 6.17. The Kier molecular flexibility index (Phi) is 3.39. The third kappa shape index (κ3) is 1.59. The summed E-state index contributed by atoms with van der Waals surface area (Å²) in [5.41, 5.74) is 4.48. The number of methoxy groups -OCH3 is 1. The standard InChI is InChI=1S/C19H23NO2/c1-6-12-13(7-2)18(21)19(3)14-10-8-9-11-15(14)20(4)17(19)16(12)22-5/h8-11H,6-7H2,1-5H3. The molecule has 116 valence electrons. The molecule has 0 amide bonds. The summed E-state index contributed by atoms with van der Waals surface area (Å²) >= 11 is 0. The van der Waals surface area contributed by atoms with Crippen molar-refractivity contribution in [1.82, 2.24) is 0 Å². The van der Waals surface area contributed by atoms with Crippen LogP contribution in [-0.2, 0) is 14.9 Å². The van der Waals surface area contributed by atoms with Gasteiger partial charge >= 0.3 is 0 Å². The maximum atomic E-state index is 13.3. The molecule has 1 atom stereocenters. The Morgan fingerprint density at radius 3 is 2.36 bits per heavy atom. The van der Waals surface area contributed by atoms with E-state index in [1.165, 1.54) is 0 Å². The lowest BCUT2D eigenvalue weighted by Gasteiger charge is -2.35. The molecule has 3 heteroatoms. The topological polar surface area (TPSA) is 29.5 Å². The molecule has 2 aliphatic rings. The lowest BCUT2D eigenvalue weighted by molar-refractivity contribution is -0.119. The predicted octanol–water partition coefficient (Wildman–Crippen LogP) is 3.95. The predicted molar refractivity (Wildman–Crippen MR) is 88.8 cm³/mol. The van der Waals surface area contributed by atoms with Crippen LogP contribution in [0.1, 0.15) is 39.2 Å². The molecule has 0 spiro atoms. The molecule has 0 radical (unpaired) electrons. The van der Waals surface area contributed by atoms with Gasteiger partial charge in [-0.25, -0.2) is 0 Å². The number of carbonyl (C=O) groups is 1. The fourth-order valence-corrected chi connectivity index (χ4v) is 4.07. The summed E-state index contributed by atoms with van der Waals surface area (Å²) in [5, 5.41) is 0. The number of para-hydroxylation sites is 1. The van der Waals surface area contributed by atoms with Gasteiger partial charge in [-0.2, -0.15) is 0 Å². The molecule has 0 N–H and O–H groups in total. The fourth-order valence-electron chi connectivity index (χ4n) is 4.07. The number of ether oxygens (including phenoxy) is 1. The van der Waals surface area contributed by atoms with Gasteiger partial charge < -0.3 is 9.64 Å². The molecule has 1 aliphatic carbocycles. The average Bonchev–Trinajstić information content (AvgIpc) is 2.78. The van der Waals surface area contributed by atoms with Crippen molar-refractivity contribution in [2.24, 2.45) is 0 Å². The summed E-state index contributed by atoms with van der Waals surface area (Å²) < 4.78 is 5.78. The maximum Gasteiger partial charge on any atom is 0.175 e. The molecule has 22 heavy (non-hydrogen) atoms. The number of fused-ring (bicyclic) bond motifs is 3. The summed E-state index contributed by atoms with van der Waals surface area (Å²) in [6.07, 6.45) is 1.55. The molecule has 0 aromatic heterocycles. The van der Waals surface area contributed by atoms with Crippen LogP contribution in [0.25, 0.3) is 0 Å². The number of hydrogen-bond donors (Lipinski definition) is 0. The van der Waals surface area contributed by atoms with Crippen LogP contribution in [-0.4, -0.2) is 19.9 Å². The Morgan fingerprint density at radius 1 is 1.14 bits per heavy atom. The zero-order chi connectivity index (χ0) is 16.1. The van der Waals surface area contributed by atoms with Gasteiger partial charge in [0.15, 0.2) is 5.78 Å². The van der Waals surface area contributed by atoms with Gasteiger partial charge in [-0.1, -0.05) is 32.0 Å². The molecule has 0 saturated carbocycles. The number of likely N-dealkylation sites (N-methyl/N-ethyl adjacent to an activating group) is 1. The minimum atomic E-state index is -0.638. The molecule has 3 rings (SSSR count). The molecule has 1 aromatic rings. The van der Waals surface area contributed by atoms with E-state index in [0.717, 1.165) is 46.7 Å². The number of benzene rings is 1. The monoisotopic (exact) mass is 297 g/mol. The zero-order valence-electron chi connectivity index (χ0n) is 14.0. The maximum absolute atomic E-state index is 13.3. The molecule has 1 aromatic carbocycles. The van der Waals surface area contributed by atoms with Crippen molar-refractivity contribution >= 4 is 11.5 Å². The van der Waals surface area contributed by atoms with E-state index in [0.29, 0.717) is 0 Å². The molecule has 3 nitrogen and oxygen atoms in total. The van der Waals surface area contributed by atoms with Gasteiger partial charge in [0, 0.05) is 23.9 Å². The first-order valence-electron chi connectivity index (χ1n) is 7.91. The van der Waals surface area contributed by atoms with Crippen LogP contribution < -0.4 is 4.90 Å². The van der Waals surface area contributed by atoms with E-state index in [2.05, 4.69) is 30.9 Å². The van der Waals surface area contributed by atoms with Gasteiger partial charge in [0.05, 0.1) is 12.8 Å². The molecule has 0 bridgehead atoms. The van der Waals surface area contributed by atoms with Crippen LogP contribution in [0.3, 0.4) is 0 Å². The van der Waals surface area contributed by atoms with Gasteiger partial charge in [0.1, 0.15) is 11.2 Å². The van der Waals surface area contributed by atoms with Crippen molar-refractivity contribution in [3.05, 3.63) is 52.4 Å². The van der Waals surface area contributed by atoms with Gasteiger partial charge in [0.2, 0.25) is 0 Å². The Labute approximate surface area is 132 Å². The number of rotatable bonds is 3. The van der Waals surface area contributed by atoms with E-state index in [-0.39, 0.29) is 5.78 Å². The third-order valence-corrected chi connectivity index (χ3v) is 5.11. The second-order valence-electron chi connectivity index (χ2n) is 6.08. The van der Waals surface area contributed by atoms with Crippen LogP contribution in [0.5, 0.6) is 0 Å². The van der Waals surface area contributed by atoms with E-state index in [1.807, 2.05) is 26.1 Å². The molecule has 1 unspecified atom stereocenters. The molecule has 0 saturated heterocycles. The van der Waals surface area contributed by atoms with Crippen molar-refractivity contribution in [2.45, 2.75) is 39.0 Å². The van der Waals surface area contributed by atoms with Crippen LogP contribution >= 0.6 is 0 Å². The highest BCUT2D eigenvalue weighted by Crippen LogP contribution is 2.53. The molecule has 1 heterocycles. The van der Waals surface area contributed by atoms with E-state index < -0.39 is 5.41 Å². The molecule has 1 aliphatic heterocycles. The summed E-state index contributed by atoms with van der Waals surface area (Å²) in [5.74, 6) is 1.10. The minimum Gasteiger partial charge on any atom is -0.495 e. The second-order valence-corrected chi connectivity index (χ2v) is 6.08. The number of Topliss-reactive ketones (excluding diaryl/α,β-unsaturated/α-hetero) is 1. The van der Waals surface area contributed by atoms with Crippen LogP contribution in [0.2, 0.25) is 0 Å². The number of hydrogen-bond acceptors (Lipinski definition) is 3. The molecule has 0 fully saturated rings. The van der Waals surface area contributed by atoms with Crippen molar-refractivity contribution in [2.75, 3.05) is 19.1 Å². The normalized spacial score (nSPS) is 23.9. The largest absolute Gasteiger partial charge is 0.495 e. The SMILES string of the molecule is CCC1=C(CC)C(OC)=C2N(C)c3ccccc3C2(C)C1=O. The quantitative estimate of drug-likeness (QED) is 0.846. The van der Waals surface area contributed by atoms with E-state index >= 15 is 0 Å². The summed E-state index contributed by atoms with van der Waals surface area (Å²) in [6, 6.07) is 8.16. The Morgan fingerprint density at radius 2 is 1.77 bits per heavy atom. The van der Waals surface area contributed by atoms with E-state index in [1.54, 1.807) is 7.11 Å². The first kappa shape index (κ1) is 14.9. The van der Waals surface area contributed by atoms with Crippen LogP contribution in [0, 0.1) is 0 Å². The number of carbonyl (C=O) groups excluding carboxylic acids is 1. The van der Waals surface area contributed by atoms with E-state index in [4.69, 9.17) is 4.74 Å². The molecular weight excluding hydrogens is 274 g/mol. The van der Waals surface area contributed by atoms with Gasteiger partial charge in [0.25, 0.3) is 0 Å². The Hall–Kier alpha value is -2.03. The van der Waals surface area contributed by atoms with Gasteiger partial charge in [-0.05, 0) is 31.4 Å². The second kappa shape index (κ2) is 5.01. The number of anilines is 1. The zero-order valence-corrected chi connectivity index (χ0v) is 14.0. The van der Waals surface area contributed by atoms with E-state index in [9.17, 15) is 4.79 Å². The van der Waals surface area contributed by atoms with Crippen molar-refractivity contribution in [3.8, 4) is 0 Å². The van der Waals surface area contributed by atoms with Gasteiger partial charge in [-0.3, -0.25) is 4.79 Å². The van der Waals surface area contributed by atoms with Crippen molar-refractivity contribution in [3.63, 3.8) is 0 Å². The smallest absolute Gasteiger partial charge is 0.175 e. The Bertz CT molecular complexity index is 714. The first-order valence-corrected chi connectivity index (χ1v) is 7.91. The minimum absolute atomic E-state index is 0.222. The Balaban J connectivity index is 2.38. The van der Waals surface area contributed by atoms with Crippen LogP contribution in [0.4, 0.5) is 5.69 Å². The highest BCUT2D eigenvalue weighted by atomic mass is 16.5. The summed E-state index contributed by atoms with van der Waals surface area (Å²) in [4.78, 5) is 15.4. The first-order chi connectivity index (χ1) is 10.5. The fraction of sp³-hybridized carbons (Fsp3) is 0.421. The third-order valence-electron chi connectivity index (χ3n) is 5.11. The number of allylic oxidation sites excluding steroid dienone is 3. The van der Waals surface area contributed by atoms with Crippen molar-refractivity contribution in [1.29, 1.82) is 0 Å². The lowest BCUT2D eigenvalue weighted by atomic mass is 9.69. The summed E-state index contributed by atoms with van der Waals surface area (Å²) in [7, 11) is 3.73. The molecular formula is C19H23NO2. The average molecular weight is 297 g/mol. The van der Waals surface area contributed by atoms with Crippen molar-refractivity contribution < 1.29 is 9.53 Å². The van der Waals surface area contributed by atoms with Gasteiger partial charge in [-0.15, -0.1) is 0 Å². The lowest BCUT2D eigenvalue weighted by Crippen LogP contribution is -2.41. The highest BCUT2D eigenvalue weighted by molar-refractivity contribution is 6.11. The number of ketones is 1. The van der Waals surface area contributed by atoms with Crippen LogP contribution in [0.15, 0.2) is 46.9 Å².